The van der Waals surface area contributed by atoms with Crippen LogP contribution in [0.2, 0.25) is 5.02 Å². The Labute approximate surface area is 222 Å². The number of hydrogen-bond donors (Lipinski definition) is 1. The van der Waals surface area contributed by atoms with Crippen molar-refractivity contribution < 1.29 is 22.4 Å². The average molecular weight is 568 g/mol. The Morgan fingerprint density at radius 1 is 1.19 bits per heavy atom. The molecule has 0 atom stereocenters. The molecule has 2 aromatic heterocycles. The van der Waals surface area contributed by atoms with Crippen LogP contribution >= 0.6 is 34.7 Å². The molecule has 0 saturated carbocycles. The lowest BCUT2D eigenvalue weighted by atomic mass is 10.1. The Morgan fingerprint density at radius 2 is 1.95 bits per heavy atom. The van der Waals surface area contributed by atoms with Crippen molar-refractivity contribution in [1.29, 1.82) is 0 Å². The maximum absolute atomic E-state index is 13.3. The molecule has 4 aromatic rings. The van der Waals surface area contributed by atoms with E-state index in [1.54, 1.807) is 22.8 Å². The summed E-state index contributed by atoms with van der Waals surface area (Å²) in [5, 5.41) is 12.0. The van der Waals surface area contributed by atoms with Gasteiger partial charge in [0.25, 0.3) is 0 Å². The first kappa shape index (κ1) is 26.8. The van der Waals surface area contributed by atoms with Crippen LogP contribution in [0, 0.1) is 5.82 Å². The summed E-state index contributed by atoms with van der Waals surface area (Å²) in [6.07, 6.45) is -1.19. The van der Waals surface area contributed by atoms with Gasteiger partial charge in [0.15, 0.2) is 16.1 Å². The maximum Gasteiger partial charge on any atom is 0.416 e. The lowest BCUT2D eigenvalue weighted by Crippen LogP contribution is -2.14. The molecule has 13 heteroatoms. The molecule has 0 unspecified atom stereocenters. The summed E-state index contributed by atoms with van der Waals surface area (Å²) in [5.41, 5.74) is 0.198. The fourth-order valence-corrected chi connectivity index (χ4v) is 5.09. The smallest absolute Gasteiger partial charge is 0.301 e. The lowest BCUT2D eigenvalue weighted by molar-refractivity contribution is -0.137. The number of carbonyl (C=O) groups excluding carboxylic acids is 1. The molecule has 0 spiro atoms. The van der Waals surface area contributed by atoms with E-state index in [-0.39, 0.29) is 28.9 Å². The minimum atomic E-state index is -4.47. The van der Waals surface area contributed by atoms with Crippen LogP contribution in [0.15, 0.2) is 66.5 Å². The second-order valence-electron chi connectivity index (χ2n) is 7.66. The van der Waals surface area contributed by atoms with E-state index in [0.29, 0.717) is 38.7 Å². The molecular weight excluding hydrogens is 550 g/mol. The molecule has 0 fully saturated rings. The summed E-state index contributed by atoms with van der Waals surface area (Å²) in [4.78, 5) is 17.3. The first-order chi connectivity index (χ1) is 17.6. The fraction of sp³-hybridized carbons (Fsp3) is 0.167. The number of benzene rings is 2. The van der Waals surface area contributed by atoms with Crippen LogP contribution in [0.1, 0.15) is 16.0 Å². The van der Waals surface area contributed by atoms with Crippen molar-refractivity contribution in [2.75, 3.05) is 11.1 Å². The van der Waals surface area contributed by atoms with Crippen molar-refractivity contribution in [1.82, 2.24) is 19.7 Å². The SMILES string of the molecule is C=CCn1c(SCC(=O)Nc2ncc(Cc3cc(C(F)(F)F)ccc3Cl)s2)nnc1-c1ccc(F)cc1. The summed E-state index contributed by atoms with van der Waals surface area (Å²) in [5.74, 6) is -0.194. The number of aromatic nitrogens is 4. The van der Waals surface area contributed by atoms with Gasteiger partial charge in [0, 0.05) is 34.6 Å². The van der Waals surface area contributed by atoms with Gasteiger partial charge in [-0.1, -0.05) is 29.4 Å². The Morgan fingerprint density at radius 3 is 2.65 bits per heavy atom. The van der Waals surface area contributed by atoms with Crippen molar-refractivity contribution in [3.63, 3.8) is 0 Å². The van der Waals surface area contributed by atoms with Crippen LogP contribution in [0.3, 0.4) is 0 Å². The van der Waals surface area contributed by atoms with Gasteiger partial charge in [-0.2, -0.15) is 13.2 Å². The number of alkyl halides is 3. The van der Waals surface area contributed by atoms with Gasteiger partial charge in [-0.05, 0) is 48.0 Å². The summed E-state index contributed by atoms with van der Waals surface area (Å²) in [6.45, 7) is 4.12. The Balaban J connectivity index is 1.39. The zero-order chi connectivity index (χ0) is 26.6. The molecule has 6 nitrogen and oxygen atoms in total. The highest BCUT2D eigenvalue weighted by Crippen LogP contribution is 2.33. The summed E-state index contributed by atoms with van der Waals surface area (Å²) < 4.78 is 54.1. The van der Waals surface area contributed by atoms with Crippen LogP contribution in [0.25, 0.3) is 11.4 Å². The molecule has 1 N–H and O–H groups in total. The number of thiazole rings is 1. The van der Waals surface area contributed by atoms with Gasteiger partial charge < -0.3 is 5.32 Å². The van der Waals surface area contributed by atoms with Crippen molar-refractivity contribution in [3.8, 4) is 11.4 Å². The van der Waals surface area contributed by atoms with Crippen LogP contribution in [0.4, 0.5) is 22.7 Å². The lowest BCUT2D eigenvalue weighted by Gasteiger charge is -2.09. The predicted molar refractivity (Wildman–Crippen MR) is 136 cm³/mol. The van der Waals surface area contributed by atoms with Crippen LogP contribution in [-0.4, -0.2) is 31.4 Å². The van der Waals surface area contributed by atoms with E-state index >= 15 is 0 Å². The number of anilines is 1. The topological polar surface area (TPSA) is 72.7 Å². The van der Waals surface area contributed by atoms with Crippen LogP contribution in [-0.2, 0) is 23.9 Å². The molecule has 1 amide bonds. The number of allylic oxidation sites excluding steroid dienone is 1. The fourth-order valence-electron chi connectivity index (χ4n) is 3.31. The van der Waals surface area contributed by atoms with Gasteiger partial charge in [-0.15, -0.1) is 28.1 Å². The third-order valence-corrected chi connectivity index (χ3v) is 7.25. The second-order valence-corrected chi connectivity index (χ2v) is 10.1. The highest BCUT2D eigenvalue weighted by atomic mass is 35.5. The highest BCUT2D eigenvalue weighted by molar-refractivity contribution is 7.99. The second kappa shape index (κ2) is 11.4. The molecular formula is C24H18ClF4N5OS2. The Bertz CT molecular complexity index is 1420. The van der Waals surface area contributed by atoms with Gasteiger partial charge in [-0.3, -0.25) is 9.36 Å². The van der Waals surface area contributed by atoms with Gasteiger partial charge in [0.1, 0.15) is 5.82 Å². The molecule has 192 valence electrons. The van der Waals surface area contributed by atoms with E-state index < -0.39 is 11.7 Å². The van der Waals surface area contributed by atoms with E-state index in [0.717, 1.165) is 35.2 Å². The van der Waals surface area contributed by atoms with Crippen LogP contribution in [0.5, 0.6) is 0 Å². The van der Waals surface area contributed by atoms with E-state index in [1.165, 1.54) is 24.4 Å². The Hall–Kier alpha value is -3.22. The van der Waals surface area contributed by atoms with Crippen molar-refractivity contribution in [2.24, 2.45) is 0 Å². The molecule has 0 aliphatic heterocycles. The van der Waals surface area contributed by atoms with Crippen molar-refractivity contribution in [2.45, 2.75) is 24.3 Å². The first-order valence-corrected chi connectivity index (χ1v) is 12.8. The standard InChI is InChI=1S/C24H18ClF4N5OS2/c1-2-9-34-21(14-3-6-17(26)7-4-14)32-33-23(34)36-13-20(35)31-22-30-12-18(37-22)11-15-10-16(24(27,28)29)5-8-19(15)25/h2-8,10,12H,1,9,11,13H2,(H,30,31,35). The zero-order valence-electron chi connectivity index (χ0n) is 18.9. The molecule has 0 radical (unpaired) electrons. The van der Waals surface area contributed by atoms with Gasteiger partial charge in [0.05, 0.1) is 11.3 Å². The average Bonchev–Trinajstić information content (AvgIpc) is 3.46. The summed E-state index contributed by atoms with van der Waals surface area (Å²) in [7, 11) is 0. The molecule has 0 bridgehead atoms. The zero-order valence-corrected chi connectivity index (χ0v) is 21.3. The third-order valence-electron chi connectivity index (χ3n) is 5.00. The van der Waals surface area contributed by atoms with Gasteiger partial charge in [-0.25, -0.2) is 9.37 Å². The van der Waals surface area contributed by atoms with E-state index in [2.05, 4.69) is 27.1 Å². The molecule has 0 aliphatic carbocycles. The van der Waals surface area contributed by atoms with E-state index in [4.69, 9.17) is 11.6 Å². The molecule has 0 saturated heterocycles. The Kier molecular flexibility index (Phi) is 8.30. The van der Waals surface area contributed by atoms with Gasteiger partial charge in [0.2, 0.25) is 5.91 Å². The molecule has 4 rings (SSSR count). The number of hydrogen-bond acceptors (Lipinski definition) is 6. The van der Waals surface area contributed by atoms with E-state index in [1.807, 2.05) is 0 Å². The molecule has 2 heterocycles. The quantitative estimate of drug-likeness (QED) is 0.138. The third kappa shape index (κ3) is 6.76. The van der Waals surface area contributed by atoms with Crippen molar-refractivity contribution in [3.05, 3.63) is 88.2 Å². The summed E-state index contributed by atoms with van der Waals surface area (Å²) >= 11 is 8.38. The number of nitrogens with one attached hydrogen (secondary N) is 1. The minimum Gasteiger partial charge on any atom is -0.301 e. The number of carbonyl (C=O) groups is 1. The largest absolute Gasteiger partial charge is 0.416 e. The van der Waals surface area contributed by atoms with Crippen LogP contribution < -0.4 is 5.32 Å². The van der Waals surface area contributed by atoms with E-state index in [9.17, 15) is 22.4 Å². The first-order valence-electron chi connectivity index (χ1n) is 10.7. The number of rotatable bonds is 9. The normalized spacial score (nSPS) is 11.5. The van der Waals surface area contributed by atoms with Gasteiger partial charge >= 0.3 is 6.18 Å². The summed E-state index contributed by atoms with van der Waals surface area (Å²) in [6, 6.07) is 8.99. The number of halogens is 5. The molecule has 2 aromatic carbocycles. The monoisotopic (exact) mass is 567 g/mol. The number of nitrogens with zero attached hydrogens (tertiary/aromatic N) is 4. The number of thioether (sulfide) groups is 1. The maximum atomic E-state index is 13.3. The molecule has 0 aliphatic rings. The predicted octanol–water partition coefficient (Wildman–Crippen LogP) is 6.72. The number of amides is 1. The minimum absolute atomic E-state index is 0.00701. The molecule has 37 heavy (non-hydrogen) atoms. The van der Waals surface area contributed by atoms with Crippen molar-refractivity contribution >= 4 is 45.7 Å². The highest BCUT2D eigenvalue weighted by Gasteiger charge is 2.31.